The van der Waals surface area contributed by atoms with Crippen LogP contribution in [0.4, 0.5) is 0 Å². The summed E-state index contributed by atoms with van der Waals surface area (Å²) in [5, 5.41) is 2.10. The molecule has 0 aliphatic carbocycles. The molecule has 3 N–H and O–H groups in total. The van der Waals surface area contributed by atoms with E-state index < -0.39 is 0 Å². The summed E-state index contributed by atoms with van der Waals surface area (Å²) in [6.45, 7) is 2.58. The Balaban J connectivity index is 1.96. The molecule has 0 aromatic carbocycles. The quantitative estimate of drug-likeness (QED) is 0.561. The zero-order chi connectivity index (χ0) is 13.9. The van der Waals surface area contributed by atoms with Crippen molar-refractivity contribution in [1.29, 1.82) is 0 Å². The van der Waals surface area contributed by atoms with Crippen LogP contribution in [0.2, 0.25) is 0 Å². The van der Waals surface area contributed by atoms with Crippen molar-refractivity contribution in [2.45, 2.75) is 13.0 Å². The van der Waals surface area contributed by atoms with E-state index >= 15 is 0 Å². The molecule has 20 heavy (non-hydrogen) atoms. The number of nitrogens with zero attached hydrogens (tertiary/aromatic N) is 1. The second-order valence-corrected chi connectivity index (χ2v) is 6.35. The Bertz CT molecular complexity index is 679. The minimum atomic E-state index is -0.0625. The summed E-state index contributed by atoms with van der Waals surface area (Å²) < 4.78 is 8.08. The fraction of sp³-hybridized carbons (Fsp3) is 0.214. The fourth-order valence-corrected chi connectivity index (χ4v) is 4.32. The number of thiophene rings is 2. The average molecular weight is 305 g/mol. The molecule has 0 radical (unpaired) electrons. The molecule has 4 nitrogen and oxygen atoms in total. The van der Waals surface area contributed by atoms with Gasteiger partial charge in [-0.25, -0.2) is 5.43 Å². The molecule has 6 heteroatoms. The molecule has 0 aliphatic heterocycles. The molecule has 3 heterocycles. The molecule has 0 saturated carbocycles. The number of fused-ring (bicyclic) bond motifs is 1. The van der Waals surface area contributed by atoms with Crippen LogP contribution in [0.1, 0.15) is 23.4 Å². The summed E-state index contributed by atoms with van der Waals surface area (Å²) in [5.41, 5.74) is 3.88. The lowest BCUT2D eigenvalue weighted by atomic mass is 10.1. The maximum absolute atomic E-state index is 5.74. The fourth-order valence-electron chi connectivity index (χ4n) is 2.11. The van der Waals surface area contributed by atoms with Gasteiger partial charge in [-0.2, -0.15) is 0 Å². The number of pyridine rings is 1. The van der Waals surface area contributed by atoms with E-state index in [-0.39, 0.29) is 6.04 Å². The molecule has 1 atom stereocenters. The number of hydrazine groups is 1. The van der Waals surface area contributed by atoms with Gasteiger partial charge < -0.3 is 4.74 Å². The van der Waals surface area contributed by atoms with Crippen molar-refractivity contribution in [3.63, 3.8) is 0 Å². The van der Waals surface area contributed by atoms with Gasteiger partial charge in [0.2, 0.25) is 0 Å². The van der Waals surface area contributed by atoms with Gasteiger partial charge in [0.05, 0.1) is 18.8 Å². The van der Waals surface area contributed by atoms with Crippen LogP contribution in [0.3, 0.4) is 0 Å². The van der Waals surface area contributed by atoms with Crippen molar-refractivity contribution in [1.82, 2.24) is 10.4 Å². The van der Waals surface area contributed by atoms with Crippen molar-refractivity contribution in [3.8, 4) is 5.75 Å². The molecule has 0 spiro atoms. The van der Waals surface area contributed by atoms with E-state index in [0.29, 0.717) is 6.61 Å². The van der Waals surface area contributed by atoms with Crippen molar-refractivity contribution in [3.05, 3.63) is 46.4 Å². The SMILES string of the molecule is CCOc1cncc(C(NN)c2cc3sccc3s2)c1. The van der Waals surface area contributed by atoms with Crippen LogP contribution in [0.25, 0.3) is 9.40 Å². The predicted octanol–water partition coefficient (Wildman–Crippen LogP) is 3.31. The number of aromatic nitrogens is 1. The molecule has 0 amide bonds. The summed E-state index contributed by atoms with van der Waals surface area (Å²) in [6.07, 6.45) is 3.54. The molecular weight excluding hydrogens is 290 g/mol. The largest absolute Gasteiger partial charge is 0.492 e. The highest BCUT2D eigenvalue weighted by atomic mass is 32.1. The standard InChI is InChI=1S/C14H15N3OS2/c1-2-18-10-5-9(7-16-8-10)14(17-15)13-6-12-11(20-13)3-4-19-12/h3-8,14,17H,2,15H2,1H3. The van der Waals surface area contributed by atoms with E-state index in [4.69, 9.17) is 10.6 Å². The monoisotopic (exact) mass is 305 g/mol. The lowest BCUT2D eigenvalue weighted by Gasteiger charge is -2.15. The topological polar surface area (TPSA) is 60.2 Å². The number of rotatable bonds is 5. The lowest BCUT2D eigenvalue weighted by Crippen LogP contribution is -2.28. The number of ether oxygens (including phenoxy) is 1. The smallest absolute Gasteiger partial charge is 0.137 e. The van der Waals surface area contributed by atoms with Crippen LogP contribution in [0.15, 0.2) is 36.0 Å². The summed E-state index contributed by atoms with van der Waals surface area (Å²) >= 11 is 3.49. The number of nitrogens with two attached hydrogens (primary N) is 1. The van der Waals surface area contributed by atoms with E-state index in [1.54, 1.807) is 28.9 Å². The Kier molecular flexibility index (Phi) is 3.98. The zero-order valence-corrected chi connectivity index (χ0v) is 12.6. The van der Waals surface area contributed by atoms with Crippen molar-refractivity contribution >= 4 is 32.1 Å². The molecule has 1 unspecified atom stereocenters. The van der Waals surface area contributed by atoms with E-state index in [2.05, 4.69) is 27.9 Å². The first kappa shape index (κ1) is 13.5. The Morgan fingerprint density at radius 1 is 1.35 bits per heavy atom. The molecule has 3 aromatic rings. The molecular formula is C14H15N3OS2. The summed E-state index contributed by atoms with van der Waals surface area (Å²) in [4.78, 5) is 5.41. The van der Waals surface area contributed by atoms with Crippen LogP contribution >= 0.6 is 22.7 Å². The van der Waals surface area contributed by atoms with Gasteiger partial charge in [-0.05, 0) is 36.1 Å². The van der Waals surface area contributed by atoms with E-state index in [1.807, 2.05) is 19.2 Å². The lowest BCUT2D eigenvalue weighted by molar-refractivity contribution is 0.338. The highest BCUT2D eigenvalue weighted by Gasteiger charge is 2.17. The maximum Gasteiger partial charge on any atom is 0.137 e. The zero-order valence-electron chi connectivity index (χ0n) is 11.0. The minimum absolute atomic E-state index is 0.0625. The van der Waals surface area contributed by atoms with Gasteiger partial charge >= 0.3 is 0 Å². The molecule has 0 aliphatic rings. The second kappa shape index (κ2) is 5.88. The third kappa shape index (κ3) is 2.55. The summed E-state index contributed by atoms with van der Waals surface area (Å²) in [7, 11) is 0. The first-order chi connectivity index (χ1) is 9.81. The van der Waals surface area contributed by atoms with E-state index in [0.717, 1.165) is 11.3 Å². The highest BCUT2D eigenvalue weighted by molar-refractivity contribution is 7.27. The summed E-state index contributed by atoms with van der Waals surface area (Å²) in [5.74, 6) is 6.51. The molecule has 104 valence electrons. The normalized spacial score (nSPS) is 12.7. The molecule has 3 aromatic heterocycles. The van der Waals surface area contributed by atoms with Crippen molar-refractivity contribution < 1.29 is 4.74 Å². The molecule has 0 bridgehead atoms. The van der Waals surface area contributed by atoms with Gasteiger partial charge in [0.25, 0.3) is 0 Å². The van der Waals surface area contributed by atoms with Gasteiger partial charge in [-0.1, -0.05) is 0 Å². The van der Waals surface area contributed by atoms with Crippen molar-refractivity contribution in [2.75, 3.05) is 6.61 Å². The van der Waals surface area contributed by atoms with Crippen LogP contribution in [-0.4, -0.2) is 11.6 Å². The highest BCUT2D eigenvalue weighted by Crippen LogP contribution is 2.35. The molecule has 0 fully saturated rings. The van der Waals surface area contributed by atoms with Gasteiger partial charge in [-0.15, -0.1) is 22.7 Å². The van der Waals surface area contributed by atoms with Crippen LogP contribution in [-0.2, 0) is 0 Å². The van der Waals surface area contributed by atoms with Crippen LogP contribution in [0.5, 0.6) is 5.75 Å². The predicted molar refractivity (Wildman–Crippen MR) is 84.3 cm³/mol. The van der Waals surface area contributed by atoms with Gasteiger partial charge in [0.15, 0.2) is 0 Å². The third-order valence-corrected chi connectivity index (χ3v) is 5.15. The Labute approximate surface area is 125 Å². The first-order valence-electron chi connectivity index (χ1n) is 6.32. The number of nitrogens with one attached hydrogen (secondary N) is 1. The number of hydrogen-bond acceptors (Lipinski definition) is 6. The number of hydrogen-bond donors (Lipinski definition) is 2. The van der Waals surface area contributed by atoms with Gasteiger partial charge in [0.1, 0.15) is 5.75 Å². The van der Waals surface area contributed by atoms with Crippen LogP contribution < -0.4 is 16.0 Å². The third-order valence-electron chi connectivity index (χ3n) is 2.99. The average Bonchev–Trinajstić information content (AvgIpc) is 3.02. The van der Waals surface area contributed by atoms with Gasteiger partial charge in [0, 0.05) is 20.5 Å². The molecule has 0 saturated heterocycles. The van der Waals surface area contributed by atoms with Crippen molar-refractivity contribution in [2.24, 2.45) is 5.84 Å². The van der Waals surface area contributed by atoms with Gasteiger partial charge in [-0.3, -0.25) is 10.8 Å². The van der Waals surface area contributed by atoms with E-state index in [1.165, 1.54) is 14.3 Å². The Hall–Kier alpha value is -1.47. The van der Waals surface area contributed by atoms with Crippen LogP contribution in [0, 0.1) is 0 Å². The summed E-state index contributed by atoms with van der Waals surface area (Å²) in [6, 6.07) is 6.24. The maximum atomic E-state index is 5.74. The van der Waals surface area contributed by atoms with E-state index in [9.17, 15) is 0 Å². The minimum Gasteiger partial charge on any atom is -0.492 e. The molecule has 3 rings (SSSR count). The second-order valence-electron chi connectivity index (χ2n) is 4.28. The Morgan fingerprint density at radius 2 is 2.25 bits per heavy atom. The first-order valence-corrected chi connectivity index (χ1v) is 8.02. The Morgan fingerprint density at radius 3 is 3.00 bits per heavy atom.